The summed E-state index contributed by atoms with van der Waals surface area (Å²) in [5.41, 5.74) is 1.15. The molecule has 1 N–H and O–H groups in total. The van der Waals surface area contributed by atoms with E-state index in [1.165, 1.54) is 14.2 Å². The van der Waals surface area contributed by atoms with Gasteiger partial charge in [-0.2, -0.15) is 0 Å². The molecule has 8 heteroatoms. The standard InChI is InChI=1S/C19H19N3O4S/c1-24-14-5-3-6-15(25-2)18(14)19(23)20-10-11-26-17-9-8-13(21-22-17)16-7-4-12-27-16/h3-9,12H,10-11H2,1-2H3,(H,20,23). The Balaban J connectivity index is 1.52. The second kappa shape index (κ2) is 9.00. The molecule has 0 radical (unpaired) electrons. The Hall–Kier alpha value is -3.13. The lowest BCUT2D eigenvalue weighted by Crippen LogP contribution is -2.29. The first-order chi connectivity index (χ1) is 13.2. The highest BCUT2D eigenvalue weighted by Crippen LogP contribution is 2.28. The van der Waals surface area contributed by atoms with Gasteiger partial charge in [-0.1, -0.05) is 12.1 Å². The summed E-state index contributed by atoms with van der Waals surface area (Å²) in [6.45, 7) is 0.560. The van der Waals surface area contributed by atoms with Crippen molar-refractivity contribution < 1.29 is 19.0 Å². The zero-order chi connectivity index (χ0) is 19.1. The van der Waals surface area contributed by atoms with E-state index in [2.05, 4.69) is 15.5 Å². The Morgan fingerprint density at radius 3 is 2.41 bits per heavy atom. The van der Waals surface area contributed by atoms with Crippen LogP contribution in [0.5, 0.6) is 17.4 Å². The summed E-state index contributed by atoms with van der Waals surface area (Å²) in [6, 6.07) is 12.7. The van der Waals surface area contributed by atoms with Crippen LogP contribution in [0.2, 0.25) is 0 Å². The average molecular weight is 385 g/mol. The maximum atomic E-state index is 12.4. The van der Waals surface area contributed by atoms with Gasteiger partial charge in [0, 0.05) is 6.07 Å². The molecule has 1 aromatic carbocycles. The van der Waals surface area contributed by atoms with E-state index in [4.69, 9.17) is 14.2 Å². The minimum absolute atomic E-state index is 0.260. The van der Waals surface area contributed by atoms with Gasteiger partial charge in [0.2, 0.25) is 5.88 Å². The first-order valence-corrected chi connectivity index (χ1v) is 9.10. The van der Waals surface area contributed by atoms with Crippen LogP contribution in [0.3, 0.4) is 0 Å². The van der Waals surface area contributed by atoms with Gasteiger partial charge in [0.05, 0.1) is 25.6 Å². The molecule has 0 aliphatic carbocycles. The van der Waals surface area contributed by atoms with E-state index >= 15 is 0 Å². The fraction of sp³-hybridized carbons (Fsp3) is 0.211. The van der Waals surface area contributed by atoms with Crippen molar-refractivity contribution in [3.63, 3.8) is 0 Å². The van der Waals surface area contributed by atoms with Crippen molar-refractivity contribution in [2.24, 2.45) is 0 Å². The predicted molar refractivity (Wildman–Crippen MR) is 103 cm³/mol. The Morgan fingerprint density at radius 1 is 1.04 bits per heavy atom. The molecular weight excluding hydrogens is 366 g/mol. The van der Waals surface area contributed by atoms with E-state index in [1.54, 1.807) is 35.6 Å². The number of carbonyl (C=O) groups is 1. The van der Waals surface area contributed by atoms with Gasteiger partial charge in [0.15, 0.2) is 0 Å². The van der Waals surface area contributed by atoms with Gasteiger partial charge in [-0.05, 0) is 29.6 Å². The minimum atomic E-state index is -0.299. The number of nitrogens with zero attached hydrogens (tertiary/aromatic N) is 2. The summed E-state index contributed by atoms with van der Waals surface area (Å²) < 4.78 is 16.0. The molecule has 0 spiro atoms. The summed E-state index contributed by atoms with van der Waals surface area (Å²) in [7, 11) is 3.01. The van der Waals surface area contributed by atoms with Gasteiger partial charge in [-0.3, -0.25) is 4.79 Å². The number of amides is 1. The van der Waals surface area contributed by atoms with Crippen LogP contribution in [0.15, 0.2) is 47.8 Å². The van der Waals surface area contributed by atoms with Crippen molar-refractivity contribution in [3.05, 3.63) is 53.4 Å². The van der Waals surface area contributed by atoms with Crippen LogP contribution < -0.4 is 19.5 Å². The first-order valence-electron chi connectivity index (χ1n) is 8.22. The maximum Gasteiger partial charge on any atom is 0.258 e. The van der Waals surface area contributed by atoms with Crippen LogP contribution in [0.4, 0.5) is 0 Å². The smallest absolute Gasteiger partial charge is 0.258 e. The monoisotopic (exact) mass is 385 g/mol. The van der Waals surface area contributed by atoms with Gasteiger partial charge in [-0.15, -0.1) is 21.5 Å². The van der Waals surface area contributed by atoms with E-state index in [0.717, 1.165) is 10.6 Å². The van der Waals surface area contributed by atoms with Crippen LogP contribution in [0, 0.1) is 0 Å². The third kappa shape index (κ3) is 4.53. The van der Waals surface area contributed by atoms with Crippen molar-refractivity contribution in [2.45, 2.75) is 0 Å². The maximum absolute atomic E-state index is 12.4. The molecule has 2 aromatic heterocycles. The minimum Gasteiger partial charge on any atom is -0.496 e. The predicted octanol–water partition coefficient (Wildman–Crippen LogP) is 3.03. The van der Waals surface area contributed by atoms with Crippen LogP contribution in [-0.4, -0.2) is 43.5 Å². The molecule has 3 rings (SSSR count). The van der Waals surface area contributed by atoms with Crippen LogP contribution >= 0.6 is 11.3 Å². The van der Waals surface area contributed by atoms with E-state index in [1.807, 2.05) is 23.6 Å². The number of thiophene rings is 1. The summed E-state index contributed by atoms with van der Waals surface area (Å²) in [6.07, 6.45) is 0. The van der Waals surface area contributed by atoms with E-state index in [9.17, 15) is 4.79 Å². The number of benzene rings is 1. The summed E-state index contributed by atoms with van der Waals surface area (Å²) in [5.74, 6) is 0.997. The molecule has 1 amide bonds. The fourth-order valence-electron chi connectivity index (χ4n) is 2.44. The SMILES string of the molecule is COc1cccc(OC)c1C(=O)NCCOc1ccc(-c2cccs2)nn1. The number of hydrogen-bond donors (Lipinski definition) is 1. The quantitative estimate of drug-likeness (QED) is 0.600. The molecule has 2 heterocycles. The van der Waals surface area contributed by atoms with Gasteiger partial charge in [-0.25, -0.2) is 0 Å². The molecule has 7 nitrogen and oxygen atoms in total. The van der Waals surface area contributed by atoms with Crippen molar-refractivity contribution in [3.8, 4) is 28.0 Å². The highest BCUT2D eigenvalue weighted by atomic mass is 32.1. The highest BCUT2D eigenvalue weighted by molar-refractivity contribution is 7.13. The zero-order valence-electron chi connectivity index (χ0n) is 15.0. The third-order valence-electron chi connectivity index (χ3n) is 3.71. The number of hydrogen-bond acceptors (Lipinski definition) is 7. The van der Waals surface area contributed by atoms with Gasteiger partial charge < -0.3 is 19.5 Å². The lowest BCUT2D eigenvalue weighted by Gasteiger charge is -2.13. The van der Waals surface area contributed by atoms with Gasteiger partial charge >= 0.3 is 0 Å². The number of nitrogens with one attached hydrogen (secondary N) is 1. The fourth-order valence-corrected chi connectivity index (χ4v) is 3.13. The third-order valence-corrected chi connectivity index (χ3v) is 4.60. The Kier molecular flexibility index (Phi) is 6.22. The molecule has 0 saturated heterocycles. The molecule has 140 valence electrons. The summed E-state index contributed by atoms with van der Waals surface area (Å²) in [4.78, 5) is 13.5. The van der Waals surface area contributed by atoms with E-state index < -0.39 is 0 Å². The molecular formula is C19H19N3O4S. The van der Waals surface area contributed by atoms with Crippen molar-refractivity contribution in [1.82, 2.24) is 15.5 Å². The first kappa shape index (κ1) is 18.7. The normalized spacial score (nSPS) is 10.3. The highest BCUT2D eigenvalue weighted by Gasteiger charge is 2.17. The molecule has 0 aliphatic heterocycles. The molecule has 3 aromatic rings. The molecule has 27 heavy (non-hydrogen) atoms. The van der Waals surface area contributed by atoms with Crippen molar-refractivity contribution in [2.75, 3.05) is 27.4 Å². The second-order valence-corrected chi connectivity index (χ2v) is 6.32. The van der Waals surface area contributed by atoms with Crippen molar-refractivity contribution >= 4 is 17.2 Å². The molecule has 0 aliphatic rings. The van der Waals surface area contributed by atoms with Crippen LogP contribution in [-0.2, 0) is 0 Å². The molecule has 0 unspecified atom stereocenters. The largest absolute Gasteiger partial charge is 0.496 e. The Labute approximate surface area is 160 Å². The lowest BCUT2D eigenvalue weighted by molar-refractivity contribution is 0.0940. The number of rotatable bonds is 8. The number of carbonyl (C=O) groups excluding carboxylic acids is 1. The van der Waals surface area contributed by atoms with Gasteiger partial charge in [0.1, 0.15) is 29.4 Å². The molecule has 0 bridgehead atoms. The number of methoxy groups -OCH3 is 2. The summed E-state index contributed by atoms with van der Waals surface area (Å²) >= 11 is 1.60. The van der Waals surface area contributed by atoms with Crippen LogP contribution in [0.25, 0.3) is 10.6 Å². The number of ether oxygens (including phenoxy) is 3. The van der Waals surface area contributed by atoms with E-state index in [0.29, 0.717) is 29.5 Å². The molecule has 0 atom stereocenters. The van der Waals surface area contributed by atoms with Crippen molar-refractivity contribution in [1.29, 1.82) is 0 Å². The van der Waals surface area contributed by atoms with Crippen LogP contribution in [0.1, 0.15) is 10.4 Å². The Morgan fingerprint density at radius 2 is 1.81 bits per heavy atom. The lowest BCUT2D eigenvalue weighted by atomic mass is 10.1. The second-order valence-electron chi connectivity index (χ2n) is 5.38. The van der Waals surface area contributed by atoms with E-state index in [-0.39, 0.29) is 12.5 Å². The summed E-state index contributed by atoms with van der Waals surface area (Å²) in [5, 5.41) is 13.0. The van der Waals surface area contributed by atoms with Gasteiger partial charge in [0.25, 0.3) is 5.91 Å². The topological polar surface area (TPSA) is 82.6 Å². The number of aromatic nitrogens is 2. The average Bonchev–Trinajstić information content (AvgIpc) is 3.25. The Bertz CT molecular complexity index is 860. The molecule has 0 saturated carbocycles. The molecule has 0 fully saturated rings. The zero-order valence-corrected chi connectivity index (χ0v) is 15.8.